The van der Waals surface area contributed by atoms with Crippen molar-refractivity contribution in [2.75, 3.05) is 13.1 Å². The molecule has 1 fully saturated rings. The first-order chi connectivity index (χ1) is 10.6. The number of hydrogen-bond acceptors (Lipinski definition) is 5. The first-order valence-corrected chi connectivity index (χ1v) is 7.97. The Bertz CT molecular complexity index is 692. The van der Waals surface area contributed by atoms with Gasteiger partial charge in [-0.25, -0.2) is 0 Å². The summed E-state index contributed by atoms with van der Waals surface area (Å²) >= 11 is 0. The van der Waals surface area contributed by atoms with E-state index in [1.54, 1.807) is 0 Å². The van der Waals surface area contributed by atoms with Gasteiger partial charge in [-0.1, -0.05) is 6.07 Å². The van der Waals surface area contributed by atoms with Gasteiger partial charge in [0.15, 0.2) is 5.75 Å². The van der Waals surface area contributed by atoms with Gasteiger partial charge in [0.2, 0.25) is 0 Å². The molecule has 1 aliphatic rings. The highest BCUT2D eigenvalue weighted by atomic mass is 32.2. The van der Waals surface area contributed by atoms with E-state index in [0.717, 1.165) is 12.1 Å². The minimum atomic E-state index is -4.49. The molecular weight excluding hydrogens is 341 g/mol. The largest absolute Gasteiger partial charge is 0.393 e. The van der Waals surface area contributed by atoms with Crippen LogP contribution in [0.25, 0.3) is 0 Å². The van der Waals surface area contributed by atoms with Gasteiger partial charge < -0.3 is 4.18 Å². The highest BCUT2D eigenvalue weighted by Crippen LogP contribution is 2.34. The molecule has 1 aromatic rings. The van der Waals surface area contributed by atoms with Crippen molar-refractivity contribution in [1.29, 1.82) is 0 Å². The van der Waals surface area contributed by atoms with Crippen molar-refractivity contribution < 1.29 is 30.7 Å². The zero-order valence-corrected chi connectivity index (χ0v) is 12.5. The van der Waals surface area contributed by atoms with Crippen LogP contribution < -0.4 is 4.18 Å². The fourth-order valence-corrected chi connectivity index (χ4v) is 3.40. The van der Waals surface area contributed by atoms with Crippen LogP contribution in [0.5, 0.6) is 5.75 Å². The normalized spacial score (nSPS) is 20.2. The Labute approximate surface area is 130 Å². The van der Waals surface area contributed by atoms with Crippen LogP contribution in [0.4, 0.5) is 18.9 Å². The number of nitro benzene ring substituents is 1. The first kappa shape index (κ1) is 17.5. The van der Waals surface area contributed by atoms with Gasteiger partial charge in [-0.3, -0.25) is 10.1 Å². The van der Waals surface area contributed by atoms with Crippen molar-refractivity contribution in [2.24, 2.45) is 5.92 Å². The molecule has 7 nitrogen and oxygen atoms in total. The number of piperidine rings is 1. The summed E-state index contributed by atoms with van der Waals surface area (Å²) in [6.45, 7) is -0.815. The Hall–Kier alpha value is -1.88. The Morgan fingerprint density at radius 3 is 2.65 bits per heavy atom. The molecule has 0 amide bonds. The van der Waals surface area contributed by atoms with Gasteiger partial charge >= 0.3 is 16.5 Å². The summed E-state index contributed by atoms with van der Waals surface area (Å²) in [6.07, 6.45) is -4.58. The third-order valence-corrected chi connectivity index (χ3v) is 4.76. The molecule has 0 spiro atoms. The van der Waals surface area contributed by atoms with Gasteiger partial charge in [0.25, 0.3) is 5.69 Å². The van der Waals surface area contributed by atoms with E-state index in [0.29, 0.717) is 4.31 Å². The fourth-order valence-electron chi connectivity index (χ4n) is 2.24. The molecule has 1 atom stereocenters. The molecule has 0 saturated carbocycles. The molecule has 23 heavy (non-hydrogen) atoms. The second-order valence-electron chi connectivity index (χ2n) is 5.03. The molecule has 0 bridgehead atoms. The lowest BCUT2D eigenvalue weighted by Crippen LogP contribution is -2.45. The van der Waals surface area contributed by atoms with E-state index in [-0.39, 0.29) is 30.8 Å². The Kier molecular flexibility index (Phi) is 4.80. The van der Waals surface area contributed by atoms with E-state index < -0.39 is 33.9 Å². The molecule has 1 aromatic carbocycles. The molecule has 1 heterocycles. The van der Waals surface area contributed by atoms with Crippen molar-refractivity contribution in [3.63, 3.8) is 0 Å². The van der Waals surface area contributed by atoms with E-state index in [1.165, 1.54) is 12.1 Å². The maximum atomic E-state index is 12.7. The molecule has 1 aliphatic heterocycles. The van der Waals surface area contributed by atoms with E-state index in [1.807, 2.05) is 0 Å². The highest BCUT2D eigenvalue weighted by molar-refractivity contribution is 7.84. The smallest absolute Gasteiger partial charge is 0.370 e. The maximum Gasteiger partial charge on any atom is 0.393 e. The molecule has 0 aromatic heterocycles. The summed E-state index contributed by atoms with van der Waals surface area (Å²) in [4.78, 5) is 9.90. The van der Waals surface area contributed by atoms with Crippen LogP contribution in [-0.4, -0.2) is 36.9 Å². The summed E-state index contributed by atoms with van der Waals surface area (Å²) < 4.78 is 67.7. The average Bonchev–Trinajstić information content (AvgIpc) is 2.46. The number of non-ortho nitro benzene ring substituents is 1. The van der Waals surface area contributed by atoms with Gasteiger partial charge in [-0.2, -0.15) is 25.9 Å². The third kappa shape index (κ3) is 4.32. The van der Waals surface area contributed by atoms with Crippen LogP contribution in [0, 0.1) is 16.0 Å². The molecule has 0 aliphatic carbocycles. The van der Waals surface area contributed by atoms with Gasteiger partial charge in [-0.15, -0.1) is 0 Å². The van der Waals surface area contributed by atoms with Crippen molar-refractivity contribution >= 4 is 16.0 Å². The fraction of sp³-hybridized carbons (Fsp3) is 0.500. The highest BCUT2D eigenvalue weighted by Gasteiger charge is 2.44. The summed E-state index contributed by atoms with van der Waals surface area (Å²) in [5.74, 6) is -2.08. The van der Waals surface area contributed by atoms with Gasteiger partial charge in [0.05, 0.1) is 16.9 Å². The van der Waals surface area contributed by atoms with Crippen LogP contribution in [0.15, 0.2) is 24.3 Å². The number of hydrogen-bond donors (Lipinski definition) is 0. The predicted molar refractivity (Wildman–Crippen MR) is 73.0 cm³/mol. The predicted octanol–water partition coefficient (Wildman–Crippen LogP) is 2.49. The lowest BCUT2D eigenvalue weighted by Gasteiger charge is -2.32. The number of rotatable bonds is 4. The monoisotopic (exact) mass is 354 g/mol. The molecule has 0 radical (unpaired) electrons. The molecule has 11 heteroatoms. The number of benzene rings is 1. The van der Waals surface area contributed by atoms with Crippen molar-refractivity contribution in [1.82, 2.24) is 4.31 Å². The Balaban J connectivity index is 2.15. The topological polar surface area (TPSA) is 89.7 Å². The second kappa shape index (κ2) is 6.32. The van der Waals surface area contributed by atoms with E-state index >= 15 is 0 Å². The molecule has 128 valence electrons. The van der Waals surface area contributed by atoms with Crippen LogP contribution >= 0.6 is 0 Å². The summed E-state index contributed by atoms with van der Waals surface area (Å²) in [6, 6.07) is 4.43. The minimum absolute atomic E-state index is 0.0572. The third-order valence-electron chi connectivity index (χ3n) is 3.39. The quantitative estimate of drug-likeness (QED) is 0.612. The molecule has 0 unspecified atom stereocenters. The Morgan fingerprint density at radius 2 is 2.04 bits per heavy atom. The standard InChI is InChI=1S/C12H13F3N2O5S/c13-12(14,15)9-3-2-6-16(8-9)23(20,21)22-11-5-1-4-10(7-11)17(18)19/h1,4-5,7,9H,2-3,6,8H2/t9-/m1/s1. The zero-order valence-electron chi connectivity index (χ0n) is 11.7. The van der Waals surface area contributed by atoms with E-state index in [4.69, 9.17) is 4.18 Å². The van der Waals surface area contributed by atoms with Crippen LogP contribution in [0.1, 0.15) is 12.8 Å². The average molecular weight is 354 g/mol. The Morgan fingerprint density at radius 1 is 1.35 bits per heavy atom. The van der Waals surface area contributed by atoms with Crippen LogP contribution in [0.3, 0.4) is 0 Å². The second-order valence-corrected chi connectivity index (χ2v) is 6.57. The first-order valence-electron chi connectivity index (χ1n) is 6.60. The number of alkyl halides is 3. The maximum absolute atomic E-state index is 12.7. The van der Waals surface area contributed by atoms with Gasteiger partial charge in [0, 0.05) is 19.2 Å². The van der Waals surface area contributed by atoms with Crippen LogP contribution in [0.2, 0.25) is 0 Å². The van der Waals surface area contributed by atoms with E-state index in [2.05, 4.69) is 0 Å². The van der Waals surface area contributed by atoms with Crippen molar-refractivity contribution in [3.05, 3.63) is 34.4 Å². The molecule has 2 rings (SSSR count). The summed E-state index contributed by atoms with van der Waals surface area (Å²) in [7, 11) is -4.46. The summed E-state index contributed by atoms with van der Waals surface area (Å²) in [5, 5.41) is 10.6. The van der Waals surface area contributed by atoms with Gasteiger partial charge in [0.1, 0.15) is 0 Å². The number of nitrogens with zero attached hydrogens (tertiary/aromatic N) is 2. The lowest BCUT2D eigenvalue weighted by molar-refractivity contribution is -0.384. The lowest BCUT2D eigenvalue weighted by atomic mass is 9.99. The SMILES string of the molecule is O=[N+]([O-])c1cccc(OS(=O)(=O)N2CCC[C@@H](C(F)(F)F)C2)c1. The number of nitro groups is 1. The van der Waals surface area contributed by atoms with Crippen LogP contribution in [-0.2, 0) is 10.3 Å². The minimum Gasteiger partial charge on any atom is -0.370 e. The zero-order chi connectivity index (χ0) is 17.3. The molecule has 0 N–H and O–H groups in total. The van der Waals surface area contributed by atoms with Crippen molar-refractivity contribution in [3.8, 4) is 5.75 Å². The van der Waals surface area contributed by atoms with E-state index in [9.17, 15) is 31.7 Å². The molecular formula is C12H13F3N2O5S. The van der Waals surface area contributed by atoms with Gasteiger partial charge in [-0.05, 0) is 18.9 Å². The molecule has 1 saturated heterocycles. The summed E-state index contributed by atoms with van der Waals surface area (Å²) in [5.41, 5.74) is -0.385. The number of halogens is 3. The van der Waals surface area contributed by atoms with Crippen molar-refractivity contribution in [2.45, 2.75) is 19.0 Å².